The molecule has 4 rings (SSSR count). The van der Waals surface area contributed by atoms with E-state index < -0.39 is 17.7 Å². The lowest BCUT2D eigenvalue weighted by atomic mass is 10.0. The molecule has 0 spiro atoms. The number of likely N-dealkylation sites (tertiary alicyclic amines) is 1. The number of hydrogen-bond donors (Lipinski definition) is 2. The van der Waals surface area contributed by atoms with Crippen LogP contribution in [0.5, 0.6) is 0 Å². The fourth-order valence-corrected chi connectivity index (χ4v) is 4.37. The number of nitrogens with two attached hydrogens (primary N) is 1. The molecule has 2 amide bonds. The van der Waals surface area contributed by atoms with Gasteiger partial charge in [-0.25, -0.2) is 19.4 Å². The quantitative estimate of drug-likeness (QED) is 0.384. The normalized spacial score (nSPS) is 15.8. The summed E-state index contributed by atoms with van der Waals surface area (Å²) >= 11 is 0. The van der Waals surface area contributed by atoms with Crippen LogP contribution in [-0.2, 0) is 4.74 Å². The number of piperidine rings is 1. The molecular weight excluding hydrogens is 472 g/mol. The zero-order chi connectivity index (χ0) is 26.7. The number of anilines is 1. The number of nitrogen functional groups attached to an aromatic ring is 1. The van der Waals surface area contributed by atoms with Gasteiger partial charge in [0.1, 0.15) is 22.8 Å². The van der Waals surface area contributed by atoms with E-state index in [-0.39, 0.29) is 17.4 Å². The summed E-state index contributed by atoms with van der Waals surface area (Å²) in [6.45, 7) is 7.39. The van der Waals surface area contributed by atoms with Crippen molar-refractivity contribution in [1.29, 1.82) is 0 Å². The van der Waals surface area contributed by atoms with Gasteiger partial charge in [0.15, 0.2) is 11.6 Å². The first-order chi connectivity index (χ1) is 17.5. The number of carbonyl (C=O) groups excluding carboxylic acids is 3. The maximum absolute atomic E-state index is 13.0. The molecule has 1 atom stereocenters. The zero-order valence-corrected chi connectivity index (χ0v) is 21.5. The van der Waals surface area contributed by atoms with Crippen molar-refractivity contribution >= 4 is 23.6 Å². The summed E-state index contributed by atoms with van der Waals surface area (Å²) < 4.78 is 6.90. The van der Waals surface area contributed by atoms with Crippen LogP contribution in [0, 0.1) is 0 Å². The number of nitrogens with one attached hydrogen (secondary N) is 1. The number of amides is 2. The molecule has 3 aromatic rings. The van der Waals surface area contributed by atoms with Gasteiger partial charge in [0.05, 0.1) is 6.04 Å². The average molecular weight is 505 g/mol. The highest BCUT2D eigenvalue weighted by atomic mass is 16.6. The summed E-state index contributed by atoms with van der Waals surface area (Å²) in [5.74, 6) is 6.71. The van der Waals surface area contributed by atoms with Crippen LogP contribution < -0.4 is 11.2 Å². The molecule has 3 heterocycles. The summed E-state index contributed by atoms with van der Waals surface area (Å²) in [5, 5.41) is 2.74. The van der Waals surface area contributed by atoms with Crippen LogP contribution in [0.2, 0.25) is 0 Å². The highest BCUT2D eigenvalue weighted by Crippen LogP contribution is 2.34. The largest absolute Gasteiger partial charge is 0.444 e. The number of nitrogens with zero attached hydrogens (tertiary/aromatic N) is 4. The first kappa shape index (κ1) is 25.9. The van der Waals surface area contributed by atoms with Gasteiger partial charge in [0, 0.05) is 30.8 Å². The molecule has 1 saturated heterocycles. The van der Waals surface area contributed by atoms with Gasteiger partial charge in [-0.15, -0.1) is 0 Å². The Hall–Kier alpha value is -4.21. The monoisotopic (exact) mass is 504 g/mol. The molecular formula is C27H32N6O4. The number of aromatic nitrogens is 3. The highest BCUT2D eigenvalue weighted by molar-refractivity contribution is 6.04. The number of pyridine rings is 1. The SMILES string of the molecule is CC(=O)c1c(-c2ccc(C(=O)Nc3ccccn3)cc2)nc([C@@H]2CCCCN2C(=O)OC(C)(C)C)n1N. The number of Topliss-reactive ketones (excluding diaryl/α,β-unsaturated/α-hetero) is 1. The molecule has 10 heteroatoms. The second kappa shape index (κ2) is 10.4. The standard InChI is InChI=1S/C27H32N6O4/c1-17(34)23-22(18-11-13-19(14-12-18)25(35)30-21-10-5-7-15-29-21)31-24(33(23)28)20-9-6-8-16-32(20)26(36)37-27(2,3)4/h5,7,10-15,20H,6,8-9,16,28H2,1-4H3,(H,29,30,35)/t20-/m0/s1. The summed E-state index contributed by atoms with van der Waals surface area (Å²) in [5.41, 5.74) is 1.04. The predicted molar refractivity (Wildman–Crippen MR) is 140 cm³/mol. The van der Waals surface area contributed by atoms with E-state index in [1.807, 2.05) is 20.8 Å². The van der Waals surface area contributed by atoms with E-state index in [1.165, 1.54) is 11.6 Å². The fourth-order valence-electron chi connectivity index (χ4n) is 4.37. The maximum atomic E-state index is 13.0. The second-order valence-corrected chi connectivity index (χ2v) is 10.0. The minimum absolute atomic E-state index is 0.232. The van der Waals surface area contributed by atoms with Gasteiger partial charge >= 0.3 is 6.09 Å². The van der Waals surface area contributed by atoms with E-state index in [0.717, 1.165) is 12.8 Å². The summed E-state index contributed by atoms with van der Waals surface area (Å²) in [6, 6.07) is 11.6. The molecule has 0 radical (unpaired) electrons. The Balaban J connectivity index is 1.64. The second-order valence-electron chi connectivity index (χ2n) is 10.0. The highest BCUT2D eigenvalue weighted by Gasteiger charge is 2.36. The Kier molecular flexibility index (Phi) is 7.28. The number of benzene rings is 1. The maximum Gasteiger partial charge on any atom is 0.410 e. The van der Waals surface area contributed by atoms with Gasteiger partial charge in [-0.2, -0.15) is 0 Å². The summed E-state index contributed by atoms with van der Waals surface area (Å²) in [4.78, 5) is 48.7. The first-order valence-electron chi connectivity index (χ1n) is 12.3. The molecule has 3 N–H and O–H groups in total. The number of rotatable bonds is 5. The zero-order valence-electron chi connectivity index (χ0n) is 21.5. The van der Waals surface area contributed by atoms with Crippen molar-refractivity contribution in [3.8, 4) is 11.3 Å². The topological polar surface area (TPSA) is 132 Å². The van der Waals surface area contributed by atoms with Crippen LogP contribution in [0.4, 0.5) is 10.6 Å². The van der Waals surface area contributed by atoms with E-state index in [4.69, 9.17) is 15.6 Å². The van der Waals surface area contributed by atoms with E-state index in [1.54, 1.807) is 53.6 Å². The van der Waals surface area contributed by atoms with E-state index in [2.05, 4.69) is 10.3 Å². The number of ketones is 1. The molecule has 10 nitrogen and oxygen atoms in total. The fraction of sp³-hybridized carbons (Fsp3) is 0.370. The van der Waals surface area contributed by atoms with Crippen molar-refractivity contribution in [3.05, 3.63) is 65.7 Å². The third-order valence-electron chi connectivity index (χ3n) is 6.03. The lowest BCUT2D eigenvalue weighted by molar-refractivity contribution is 0.00821. The van der Waals surface area contributed by atoms with Crippen molar-refractivity contribution in [2.45, 2.75) is 58.6 Å². The molecule has 0 bridgehead atoms. The van der Waals surface area contributed by atoms with E-state index in [0.29, 0.717) is 41.4 Å². The molecule has 1 aliphatic heterocycles. The summed E-state index contributed by atoms with van der Waals surface area (Å²) in [6.07, 6.45) is 3.54. The summed E-state index contributed by atoms with van der Waals surface area (Å²) in [7, 11) is 0. The minimum atomic E-state index is -0.641. The van der Waals surface area contributed by atoms with Crippen LogP contribution in [0.25, 0.3) is 11.3 Å². The molecule has 0 unspecified atom stereocenters. The third kappa shape index (κ3) is 5.79. The third-order valence-corrected chi connectivity index (χ3v) is 6.03. The minimum Gasteiger partial charge on any atom is -0.444 e. The van der Waals surface area contributed by atoms with Gasteiger partial charge < -0.3 is 15.9 Å². The van der Waals surface area contributed by atoms with Crippen LogP contribution in [0.3, 0.4) is 0 Å². The molecule has 37 heavy (non-hydrogen) atoms. The Morgan fingerprint density at radius 2 is 1.81 bits per heavy atom. The molecule has 1 aromatic carbocycles. The van der Waals surface area contributed by atoms with Gasteiger partial charge in [-0.1, -0.05) is 18.2 Å². The molecule has 1 aliphatic rings. The Bertz CT molecular complexity index is 1290. The van der Waals surface area contributed by atoms with Gasteiger partial charge in [-0.3, -0.25) is 14.5 Å². The number of hydrogen-bond acceptors (Lipinski definition) is 7. The Morgan fingerprint density at radius 3 is 2.43 bits per heavy atom. The van der Waals surface area contributed by atoms with Crippen LogP contribution in [0.15, 0.2) is 48.7 Å². The van der Waals surface area contributed by atoms with Crippen LogP contribution in [-0.4, -0.2) is 49.5 Å². The smallest absolute Gasteiger partial charge is 0.410 e. The van der Waals surface area contributed by atoms with Crippen molar-refractivity contribution in [2.24, 2.45) is 0 Å². The van der Waals surface area contributed by atoms with Crippen LogP contribution >= 0.6 is 0 Å². The van der Waals surface area contributed by atoms with Crippen molar-refractivity contribution in [1.82, 2.24) is 19.5 Å². The van der Waals surface area contributed by atoms with Gasteiger partial charge in [0.25, 0.3) is 5.91 Å². The van der Waals surface area contributed by atoms with Gasteiger partial charge in [-0.05, 0) is 64.3 Å². The first-order valence-corrected chi connectivity index (χ1v) is 12.3. The van der Waals surface area contributed by atoms with Crippen LogP contribution in [0.1, 0.15) is 79.7 Å². The average Bonchev–Trinajstić information content (AvgIpc) is 3.21. The number of carbonyl (C=O) groups is 3. The molecule has 194 valence electrons. The number of ether oxygens (including phenoxy) is 1. The molecule has 0 saturated carbocycles. The Labute approximate surface area is 215 Å². The molecule has 0 aliphatic carbocycles. The number of imidazole rings is 1. The van der Waals surface area contributed by atoms with Crippen molar-refractivity contribution < 1.29 is 19.1 Å². The molecule has 2 aromatic heterocycles. The lowest BCUT2D eigenvalue weighted by Crippen LogP contribution is -2.43. The molecule has 1 fully saturated rings. The van der Waals surface area contributed by atoms with Gasteiger partial charge in [0.2, 0.25) is 0 Å². The predicted octanol–water partition coefficient (Wildman–Crippen LogP) is 4.58. The Morgan fingerprint density at radius 1 is 1.08 bits per heavy atom. The van der Waals surface area contributed by atoms with Crippen molar-refractivity contribution in [2.75, 3.05) is 17.7 Å². The van der Waals surface area contributed by atoms with E-state index in [9.17, 15) is 14.4 Å². The lowest BCUT2D eigenvalue weighted by Gasteiger charge is -2.36. The van der Waals surface area contributed by atoms with E-state index >= 15 is 0 Å². The van der Waals surface area contributed by atoms with Crippen molar-refractivity contribution in [3.63, 3.8) is 0 Å².